The van der Waals surface area contributed by atoms with Crippen LogP contribution in [-0.2, 0) is 11.8 Å². The maximum Gasteiger partial charge on any atom is 0.262 e. The summed E-state index contributed by atoms with van der Waals surface area (Å²) in [7, 11) is 3.26. The molecule has 8 heteroatoms. The molecule has 2 aromatic heterocycles. The van der Waals surface area contributed by atoms with Gasteiger partial charge in [0, 0.05) is 14.1 Å². The van der Waals surface area contributed by atoms with Gasteiger partial charge in [-0.05, 0) is 19.1 Å². The molecule has 0 saturated heterocycles. The van der Waals surface area contributed by atoms with E-state index in [1.807, 2.05) is 18.2 Å². The Morgan fingerprint density at radius 3 is 2.77 bits per heavy atom. The second kappa shape index (κ2) is 5.45. The monoisotopic (exact) mass is 317 g/mol. The number of carbonyl (C=O) groups is 1. The number of fused-ring (bicyclic) bond motifs is 3. The van der Waals surface area contributed by atoms with Gasteiger partial charge >= 0.3 is 0 Å². The highest BCUT2D eigenvalue weighted by Crippen LogP contribution is 2.24. The highest BCUT2D eigenvalue weighted by molar-refractivity contribution is 8.00. The highest BCUT2D eigenvalue weighted by atomic mass is 32.2. The Balaban J connectivity index is 2.26. The fraction of sp³-hybridized carbons (Fsp3) is 0.286. The Bertz CT molecular complexity index is 930. The lowest BCUT2D eigenvalue weighted by atomic mass is 10.2. The van der Waals surface area contributed by atoms with Crippen molar-refractivity contribution >= 4 is 34.3 Å². The number of amides is 1. The Kier molecular flexibility index (Phi) is 3.61. The van der Waals surface area contributed by atoms with Crippen LogP contribution in [0.25, 0.3) is 16.7 Å². The van der Waals surface area contributed by atoms with Crippen molar-refractivity contribution in [1.82, 2.24) is 24.5 Å². The molecule has 0 saturated carbocycles. The largest absolute Gasteiger partial charge is 0.358 e. The number of para-hydroxylation sites is 1. The van der Waals surface area contributed by atoms with E-state index in [0.29, 0.717) is 16.3 Å². The van der Waals surface area contributed by atoms with Crippen molar-refractivity contribution < 1.29 is 4.79 Å². The molecule has 0 bridgehead atoms. The molecule has 114 valence electrons. The number of rotatable bonds is 3. The van der Waals surface area contributed by atoms with E-state index < -0.39 is 0 Å². The first kappa shape index (κ1) is 14.6. The smallest absolute Gasteiger partial charge is 0.262 e. The topological polar surface area (TPSA) is 81.3 Å². The fourth-order valence-electron chi connectivity index (χ4n) is 2.30. The molecular weight excluding hydrogens is 302 g/mol. The number of aryl methyl sites for hydroxylation is 1. The normalized spacial score (nSPS) is 12.7. The van der Waals surface area contributed by atoms with E-state index in [0.717, 1.165) is 5.52 Å². The van der Waals surface area contributed by atoms with Gasteiger partial charge in [0.2, 0.25) is 11.7 Å². The molecule has 1 atom stereocenters. The lowest BCUT2D eigenvalue weighted by Gasteiger charge is -2.10. The van der Waals surface area contributed by atoms with Gasteiger partial charge in [0.25, 0.3) is 5.56 Å². The molecule has 3 rings (SSSR count). The Hall–Kier alpha value is -2.35. The SMILES string of the molecule is CNC(=O)C(C)Sc1nnc2n(C)c(=O)c3ccccc3n12. The number of aromatic nitrogens is 4. The van der Waals surface area contributed by atoms with Crippen LogP contribution in [0.2, 0.25) is 0 Å². The second-order valence-corrected chi connectivity index (χ2v) is 6.18. The molecular formula is C14H15N5O2S. The molecule has 0 radical (unpaired) electrons. The zero-order valence-corrected chi connectivity index (χ0v) is 13.2. The molecule has 0 aliphatic heterocycles. The predicted octanol–water partition coefficient (Wildman–Crippen LogP) is 0.808. The van der Waals surface area contributed by atoms with Gasteiger partial charge in [0.15, 0.2) is 5.16 Å². The lowest BCUT2D eigenvalue weighted by molar-refractivity contribution is -0.119. The quantitative estimate of drug-likeness (QED) is 0.723. The van der Waals surface area contributed by atoms with Gasteiger partial charge in [-0.1, -0.05) is 23.9 Å². The van der Waals surface area contributed by atoms with Crippen molar-refractivity contribution in [2.75, 3.05) is 7.05 Å². The Morgan fingerprint density at radius 1 is 1.32 bits per heavy atom. The molecule has 0 aliphatic rings. The Labute approximate surface area is 130 Å². The molecule has 22 heavy (non-hydrogen) atoms. The maximum atomic E-state index is 12.3. The Morgan fingerprint density at radius 2 is 2.05 bits per heavy atom. The van der Waals surface area contributed by atoms with E-state index in [1.165, 1.54) is 16.3 Å². The zero-order chi connectivity index (χ0) is 15.9. The summed E-state index contributed by atoms with van der Waals surface area (Å²) in [5, 5.41) is 11.7. The van der Waals surface area contributed by atoms with E-state index in [4.69, 9.17) is 0 Å². The van der Waals surface area contributed by atoms with Gasteiger partial charge in [-0.2, -0.15) is 0 Å². The summed E-state index contributed by atoms with van der Waals surface area (Å²) in [4.78, 5) is 24.1. The van der Waals surface area contributed by atoms with Crippen LogP contribution < -0.4 is 10.9 Å². The zero-order valence-electron chi connectivity index (χ0n) is 12.4. The standard InChI is InChI=1S/C14H15N5O2S/c1-8(11(20)15-2)22-14-17-16-13-18(3)12(21)9-6-4-5-7-10(9)19(13)14/h4-8H,1-3H3,(H,15,20). The molecule has 0 fully saturated rings. The van der Waals surface area contributed by atoms with Gasteiger partial charge in [-0.15, -0.1) is 10.2 Å². The molecule has 2 heterocycles. The first-order chi connectivity index (χ1) is 10.5. The number of thioether (sulfide) groups is 1. The molecule has 1 N–H and O–H groups in total. The number of hydrogen-bond acceptors (Lipinski definition) is 5. The van der Waals surface area contributed by atoms with E-state index in [-0.39, 0.29) is 16.7 Å². The maximum absolute atomic E-state index is 12.3. The van der Waals surface area contributed by atoms with Crippen molar-refractivity contribution in [3.8, 4) is 0 Å². The molecule has 1 unspecified atom stereocenters. The summed E-state index contributed by atoms with van der Waals surface area (Å²) in [6.07, 6.45) is 0. The van der Waals surface area contributed by atoms with Crippen LogP contribution in [0, 0.1) is 0 Å². The van der Waals surface area contributed by atoms with E-state index in [9.17, 15) is 9.59 Å². The van der Waals surface area contributed by atoms with Crippen LogP contribution in [0.3, 0.4) is 0 Å². The first-order valence-corrected chi connectivity index (χ1v) is 7.63. The summed E-state index contributed by atoms with van der Waals surface area (Å²) in [5.74, 6) is 0.367. The molecule has 3 aromatic rings. The van der Waals surface area contributed by atoms with Gasteiger partial charge in [-0.25, -0.2) is 0 Å². The number of nitrogens with zero attached hydrogens (tertiary/aromatic N) is 4. The van der Waals surface area contributed by atoms with Crippen LogP contribution >= 0.6 is 11.8 Å². The van der Waals surface area contributed by atoms with Gasteiger partial charge in [-0.3, -0.25) is 18.6 Å². The van der Waals surface area contributed by atoms with Crippen LogP contribution in [0.4, 0.5) is 0 Å². The third kappa shape index (κ3) is 2.16. The summed E-state index contributed by atoms with van der Waals surface area (Å²) in [6.45, 7) is 1.80. The number of carbonyl (C=O) groups excluding carboxylic acids is 1. The van der Waals surface area contributed by atoms with Crippen LogP contribution in [0.15, 0.2) is 34.2 Å². The first-order valence-electron chi connectivity index (χ1n) is 6.75. The van der Waals surface area contributed by atoms with Crippen molar-refractivity contribution in [3.05, 3.63) is 34.6 Å². The van der Waals surface area contributed by atoms with Crippen LogP contribution in [-0.4, -0.2) is 37.4 Å². The molecule has 7 nitrogen and oxygen atoms in total. The predicted molar refractivity (Wildman–Crippen MR) is 85.1 cm³/mol. The van der Waals surface area contributed by atoms with Crippen molar-refractivity contribution in [1.29, 1.82) is 0 Å². The minimum Gasteiger partial charge on any atom is -0.358 e. The minimum absolute atomic E-state index is 0.0872. The average molecular weight is 317 g/mol. The van der Waals surface area contributed by atoms with E-state index >= 15 is 0 Å². The lowest BCUT2D eigenvalue weighted by Crippen LogP contribution is -2.27. The van der Waals surface area contributed by atoms with Crippen LogP contribution in [0.5, 0.6) is 0 Å². The summed E-state index contributed by atoms with van der Waals surface area (Å²) >= 11 is 1.30. The molecule has 1 amide bonds. The van der Waals surface area contributed by atoms with E-state index in [1.54, 1.807) is 31.5 Å². The van der Waals surface area contributed by atoms with Gasteiger partial charge in [0.1, 0.15) is 0 Å². The van der Waals surface area contributed by atoms with Crippen molar-refractivity contribution in [3.63, 3.8) is 0 Å². The molecule has 0 spiro atoms. The van der Waals surface area contributed by atoms with E-state index in [2.05, 4.69) is 15.5 Å². The average Bonchev–Trinajstić information content (AvgIpc) is 2.95. The summed E-state index contributed by atoms with van der Waals surface area (Å²) in [5.41, 5.74) is 0.614. The molecule has 0 aliphatic carbocycles. The third-order valence-corrected chi connectivity index (χ3v) is 4.54. The molecule has 1 aromatic carbocycles. The second-order valence-electron chi connectivity index (χ2n) is 4.87. The number of nitrogens with one attached hydrogen (secondary N) is 1. The fourth-order valence-corrected chi connectivity index (χ4v) is 3.22. The van der Waals surface area contributed by atoms with Gasteiger partial charge in [0.05, 0.1) is 16.2 Å². The third-order valence-electron chi connectivity index (χ3n) is 3.49. The number of hydrogen-bond donors (Lipinski definition) is 1. The summed E-state index contributed by atoms with van der Waals surface area (Å²) in [6, 6.07) is 7.30. The summed E-state index contributed by atoms with van der Waals surface area (Å²) < 4.78 is 3.27. The van der Waals surface area contributed by atoms with Crippen LogP contribution in [0.1, 0.15) is 6.92 Å². The minimum atomic E-state index is -0.312. The number of benzene rings is 1. The van der Waals surface area contributed by atoms with Gasteiger partial charge < -0.3 is 5.32 Å². The van der Waals surface area contributed by atoms with Crippen molar-refractivity contribution in [2.24, 2.45) is 7.05 Å². The van der Waals surface area contributed by atoms with Crippen molar-refractivity contribution in [2.45, 2.75) is 17.3 Å². The highest BCUT2D eigenvalue weighted by Gasteiger charge is 2.19.